The number of fused-ring (bicyclic) bond motifs is 16. The van der Waals surface area contributed by atoms with Crippen LogP contribution >= 0.6 is 0 Å². The van der Waals surface area contributed by atoms with E-state index in [1.54, 1.807) is 0 Å². The predicted molar refractivity (Wildman–Crippen MR) is 401 cm³/mol. The minimum absolute atomic E-state index is 0.109. The van der Waals surface area contributed by atoms with Gasteiger partial charge in [0.15, 0.2) is 0 Å². The number of para-hydroxylation sites is 7. The minimum atomic E-state index is -0.717. The third-order valence-corrected chi connectivity index (χ3v) is 21.6. The number of rotatable bonds is 9. The minimum Gasteiger partial charge on any atom is -0.333 e. The second kappa shape index (κ2) is 20.9. The maximum atomic E-state index is 2.53. The smallest absolute Gasteiger partial charge is 0.0795 e. The molecule has 2 aliphatic carbocycles. The zero-order valence-electron chi connectivity index (χ0n) is 52.9. The molecule has 3 atom stereocenters. The Hall–Kier alpha value is -12.2. The Balaban J connectivity index is 0.788. The summed E-state index contributed by atoms with van der Waals surface area (Å²) in [5.74, 6) is 0. The summed E-state index contributed by atoms with van der Waals surface area (Å²) >= 11 is 0. The molecule has 4 heterocycles. The molecule has 14 aromatic carbocycles. The molecule has 450 valence electrons. The van der Waals surface area contributed by atoms with Crippen molar-refractivity contribution >= 4 is 76.8 Å². The molecule has 4 heteroatoms. The molecule has 0 amide bonds. The number of hydrogen-bond acceptors (Lipinski definition) is 1. The van der Waals surface area contributed by atoms with Crippen molar-refractivity contribution in [3.8, 4) is 61.6 Å². The maximum absolute atomic E-state index is 2.53. The van der Waals surface area contributed by atoms with E-state index in [1.807, 2.05) is 0 Å². The van der Waals surface area contributed by atoms with E-state index in [9.17, 15) is 0 Å². The Kier molecular flexibility index (Phi) is 11.8. The molecule has 20 rings (SSSR count). The summed E-state index contributed by atoms with van der Waals surface area (Å²) < 4.78 is 7.42. The van der Waals surface area contributed by atoms with E-state index in [4.69, 9.17) is 0 Å². The average Bonchev–Trinajstić information content (AvgIpc) is 1.52. The van der Waals surface area contributed by atoms with Crippen LogP contribution in [0.1, 0.15) is 34.7 Å². The number of anilines is 2. The zero-order valence-corrected chi connectivity index (χ0v) is 52.9. The first-order valence-corrected chi connectivity index (χ1v) is 33.5. The second-order valence-electron chi connectivity index (χ2n) is 26.4. The van der Waals surface area contributed by atoms with Crippen LogP contribution in [-0.4, -0.2) is 19.7 Å². The lowest BCUT2D eigenvalue weighted by atomic mass is 9.67. The molecule has 0 saturated heterocycles. The molecule has 96 heavy (non-hydrogen) atoms. The highest BCUT2D eigenvalue weighted by Gasteiger charge is 2.48. The van der Waals surface area contributed by atoms with Crippen LogP contribution in [0.5, 0.6) is 0 Å². The molecule has 0 bridgehead atoms. The molecule has 0 saturated carbocycles. The van der Waals surface area contributed by atoms with Gasteiger partial charge in [0, 0.05) is 66.2 Å². The Morgan fingerprint density at radius 3 is 1.34 bits per heavy atom. The second-order valence-corrected chi connectivity index (χ2v) is 26.4. The monoisotopic (exact) mass is 1220 g/mol. The summed E-state index contributed by atoms with van der Waals surface area (Å²) in [7, 11) is 0. The lowest BCUT2D eigenvalue weighted by molar-refractivity contribution is 0.551. The summed E-state index contributed by atoms with van der Waals surface area (Å²) in [5, 5.41) is 7.38. The Morgan fingerprint density at radius 2 is 0.740 bits per heavy atom. The van der Waals surface area contributed by atoms with Gasteiger partial charge in [0.25, 0.3) is 0 Å². The van der Waals surface area contributed by atoms with Gasteiger partial charge in [-0.2, -0.15) is 0 Å². The summed E-state index contributed by atoms with van der Waals surface area (Å²) in [5.41, 5.74) is 28.1. The van der Waals surface area contributed by atoms with Crippen LogP contribution in [0.3, 0.4) is 0 Å². The van der Waals surface area contributed by atoms with Crippen molar-refractivity contribution in [2.45, 2.75) is 23.8 Å². The van der Waals surface area contributed by atoms with Gasteiger partial charge in [0.05, 0.1) is 44.6 Å². The molecule has 0 radical (unpaired) electrons. The average molecular weight is 1220 g/mol. The fourth-order valence-corrected chi connectivity index (χ4v) is 17.4. The molecule has 0 spiro atoms. The fraction of sp³-hybridized carbons (Fsp3) is 0.0435. The number of aromatic nitrogens is 3. The van der Waals surface area contributed by atoms with Gasteiger partial charge in [-0.3, -0.25) is 0 Å². The van der Waals surface area contributed by atoms with Crippen LogP contribution in [0, 0.1) is 0 Å². The molecule has 3 aliphatic rings. The van der Waals surface area contributed by atoms with Crippen LogP contribution in [0.2, 0.25) is 0 Å². The summed E-state index contributed by atoms with van der Waals surface area (Å²) in [6.07, 6.45) is 9.14. The van der Waals surface area contributed by atoms with Crippen LogP contribution in [0.4, 0.5) is 11.4 Å². The van der Waals surface area contributed by atoms with Crippen LogP contribution in [0.15, 0.2) is 352 Å². The Labute approximate surface area is 557 Å². The first-order valence-electron chi connectivity index (χ1n) is 33.5. The van der Waals surface area contributed by atoms with E-state index in [2.05, 4.69) is 377 Å². The highest BCUT2D eigenvalue weighted by molar-refractivity contribution is 6.29. The topological polar surface area (TPSA) is 18.0 Å². The van der Waals surface area contributed by atoms with Gasteiger partial charge in [-0.25, -0.2) is 0 Å². The highest BCUT2D eigenvalue weighted by atomic mass is 15.2. The van der Waals surface area contributed by atoms with E-state index >= 15 is 0 Å². The van der Waals surface area contributed by atoms with Gasteiger partial charge in [-0.05, 0) is 164 Å². The Bertz CT molecular complexity index is 6010. The van der Waals surface area contributed by atoms with Crippen molar-refractivity contribution in [1.29, 1.82) is 0 Å². The lowest BCUT2D eigenvalue weighted by Crippen LogP contribution is -2.39. The highest BCUT2D eigenvalue weighted by Crippen LogP contribution is 2.60. The summed E-state index contributed by atoms with van der Waals surface area (Å²) in [4.78, 5) is 2.52. The molecular weight excluding hydrogens is 1160 g/mol. The third kappa shape index (κ3) is 7.67. The molecule has 1 aliphatic heterocycles. The van der Waals surface area contributed by atoms with Gasteiger partial charge < -0.3 is 18.6 Å². The quantitative estimate of drug-likeness (QED) is 0.141. The number of allylic oxidation sites excluding steroid dienone is 2. The van der Waals surface area contributed by atoms with Crippen molar-refractivity contribution in [2.24, 2.45) is 0 Å². The van der Waals surface area contributed by atoms with Gasteiger partial charge in [-0.15, -0.1) is 0 Å². The van der Waals surface area contributed by atoms with Gasteiger partial charge >= 0.3 is 0 Å². The number of hydrogen-bond donors (Lipinski definition) is 0. The van der Waals surface area contributed by atoms with Crippen molar-refractivity contribution < 1.29 is 0 Å². The SMILES string of the molecule is CC12C=CC=CC1N(c1ccc(-c3ccc(C4(c5ccc(-c6ccc(-n7c8ccccc8c8ccccc87)cc6)cc5)c5ccccc5-c5c(-c6cc7c8ccccc8n(-c8ccccc8)c7c7c6c6ccccc6n7-c6ccccc6)cccc54)cc3)cc1)c1ccccc12. The summed E-state index contributed by atoms with van der Waals surface area (Å²) in [6, 6.07) is 123. The van der Waals surface area contributed by atoms with E-state index in [0.717, 1.165) is 17.1 Å². The van der Waals surface area contributed by atoms with Crippen molar-refractivity contribution in [3.05, 3.63) is 380 Å². The lowest BCUT2D eigenvalue weighted by Gasteiger charge is -2.34. The van der Waals surface area contributed by atoms with Crippen molar-refractivity contribution in [3.63, 3.8) is 0 Å². The molecule has 0 N–H and O–H groups in total. The molecule has 3 aromatic heterocycles. The van der Waals surface area contributed by atoms with Gasteiger partial charge in [-0.1, -0.05) is 267 Å². The van der Waals surface area contributed by atoms with E-state index < -0.39 is 5.41 Å². The van der Waals surface area contributed by atoms with Crippen molar-refractivity contribution in [1.82, 2.24) is 13.7 Å². The standard InChI is InChI=1S/C92H62N4/c1-91-58-21-20-41-86(91)94(85-40-19-14-34-79(85)91)69-56-48-63(49-57-69)61-44-52-65(53-45-61)92(64-50-42-60(43-51-64)62-46-54-68(55-47-62)93-81-36-15-9-27-70(81)71-28-10-16-37-82(71)93)78-33-13-8-30-74(78)87-73(32-22-35-80(87)92)76-59-77-72-29-11-17-38-83(72)95(66-23-4-2-5-24-66)89(77)90-88(76)75-31-12-18-39-84(75)96(90)67-25-6-3-7-26-67/h2-59,86H,1H3. The molecule has 17 aromatic rings. The Morgan fingerprint density at radius 1 is 0.302 bits per heavy atom. The molecular formula is C92H62N4. The van der Waals surface area contributed by atoms with Crippen LogP contribution in [-0.2, 0) is 10.8 Å². The largest absolute Gasteiger partial charge is 0.333 e. The summed E-state index contributed by atoms with van der Waals surface area (Å²) in [6.45, 7) is 2.37. The van der Waals surface area contributed by atoms with E-state index in [0.29, 0.717) is 0 Å². The zero-order chi connectivity index (χ0) is 63.2. The molecule has 3 unspecified atom stereocenters. The van der Waals surface area contributed by atoms with E-state index in [-0.39, 0.29) is 11.5 Å². The maximum Gasteiger partial charge on any atom is 0.0795 e. The number of nitrogens with zero attached hydrogens (tertiary/aromatic N) is 4. The van der Waals surface area contributed by atoms with Crippen LogP contribution < -0.4 is 4.90 Å². The normalized spacial score (nSPS) is 16.9. The first kappa shape index (κ1) is 54.3. The molecule has 0 fully saturated rings. The molecule has 4 nitrogen and oxygen atoms in total. The van der Waals surface area contributed by atoms with Crippen molar-refractivity contribution in [2.75, 3.05) is 4.90 Å². The predicted octanol–water partition coefficient (Wildman–Crippen LogP) is 23.2. The van der Waals surface area contributed by atoms with Gasteiger partial charge in [0.1, 0.15) is 0 Å². The number of benzene rings is 14. The van der Waals surface area contributed by atoms with Gasteiger partial charge in [0.2, 0.25) is 0 Å². The van der Waals surface area contributed by atoms with E-state index in [1.165, 1.54) is 149 Å². The first-order chi connectivity index (χ1) is 47.5. The third-order valence-electron chi connectivity index (χ3n) is 21.6. The fourth-order valence-electron chi connectivity index (χ4n) is 17.4. The van der Waals surface area contributed by atoms with Crippen LogP contribution in [0.25, 0.3) is 127 Å².